The molecule has 2 saturated heterocycles. The number of aromatic nitrogens is 6. The molecule has 0 aliphatic carbocycles. The Balaban J connectivity index is 0.000000292. The van der Waals surface area contributed by atoms with Crippen molar-refractivity contribution in [3.8, 4) is 5.75 Å². The average molecular weight is 1160 g/mol. The highest BCUT2D eigenvalue weighted by atomic mass is 16.6. The van der Waals surface area contributed by atoms with E-state index in [0.717, 1.165) is 39.1 Å². The van der Waals surface area contributed by atoms with Crippen molar-refractivity contribution in [2.45, 2.75) is 100 Å². The first-order valence-electron chi connectivity index (χ1n) is 28.4. The molecule has 6 heterocycles. The Kier molecular flexibility index (Phi) is 18.0. The van der Waals surface area contributed by atoms with Crippen LogP contribution in [0.5, 0.6) is 5.75 Å². The monoisotopic (exact) mass is 1160 g/mol. The SMILES string of the molecule is COc1ccc(C(Nc2ncnn3c([C@@H]4O[C@H](COCc5ccccc5)[C@@H](OCc5ccccc5)[C@@]4(C)OCc4ccccc4)cc(CO)c23)(c2ccccc2)c2ccccc2)cc1.C[C@@]1(O)[C@H](O)[C@@H](CO)O[C@H]1c1cc(CO)c2c(N)ncnn12. The minimum absolute atomic E-state index is 0.183. The second-order valence-electron chi connectivity index (χ2n) is 21.8. The molecule has 6 aromatic carbocycles. The largest absolute Gasteiger partial charge is 0.497 e. The summed E-state index contributed by atoms with van der Waals surface area (Å²) in [5.74, 6) is 1.44. The van der Waals surface area contributed by atoms with Crippen LogP contribution in [0, 0.1) is 0 Å². The molecule has 2 fully saturated rings. The van der Waals surface area contributed by atoms with Crippen molar-refractivity contribution in [3.63, 3.8) is 0 Å². The van der Waals surface area contributed by atoms with Gasteiger partial charge in [-0.1, -0.05) is 164 Å². The molecule has 0 radical (unpaired) electrons. The number of nitrogens with one attached hydrogen (secondary N) is 1. The quantitative estimate of drug-likeness (QED) is 0.0335. The Labute approximate surface area is 497 Å². The molecule has 19 nitrogen and oxygen atoms in total. The second-order valence-corrected chi connectivity index (χ2v) is 21.8. The number of hydrogen-bond donors (Lipinski definition) is 7. The summed E-state index contributed by atoms with van der Waals surface area (Å²) < 4.78 is 42.0. The molecule has 10 aromatic rings. The Morgan fingerprint density at radius 1 is 0.605 bits per heavy atom. The lowest BCUT2D eigenvalue weighted by molar-refractivity contribution is -0.148. The van der Waals surface area contributed by atoms with Crippen LogP contribution in [-0.2, 0) is 62.3 Å². The Morgan fingerprint density at radius 3 is 1.64 bits per heavy atom. The lowest BCUT2D eigenvalue weighted by Crippen LogP contribution is -2.47. The summed E-state index contributed by atoms with van der Waals surface area (Å²) in [5.41, 5.74) is 11.4. The van der Waals surface area contributed by atoms with Gasteiger partial charge < -0.3 is 65.0 Å². The number of fused-ring (bicyclic) bond motifs is 2. The molecule has 444 valence electrons. The predicted molar refractivity (Wildman–Crippen MR) is 321 cm³/mol. The van der Waals surface area contributed by atoms with E-state index in [9.17, 15) is 25.5 Å². The summed E-state index contributed by atoms with van der Waals surface area (Å²) >= 11 is 0. The van der Waals surface area contributed by atoms with Gasteiger partial charge in [0.15, 0.2) is 11.6 Å². The van der Waals surface area contributed by atoms with Gasteiger partial charge >= 0.3 is 0 Å². The number of nitrogens with two attached hydrogens (primary N) is 1. The van der Waals surface area contributed by atoms with E-state index in [1.807, 2.05) is 157 Å². The average Bonchev–Trinajstić information content (AvgIpc) is 3.90. The fraction of sp³-hybridized carbons (Fsp3) is 0.284. The van der Waals surface area contributed by atoms with Crippen molar-refractivity contribution in [2.24, 2.45) is 0 Å². The topological polar surface area (TPSA) is 255 Å². The number of anilines is 2. The van der Waals surface area contributed by atoms with E-state index in [-0.39, 0.29) is 25.6 Å². The molecule has 8 atom stereocenters. The predicted octanol–water partition coefficient (Wildman–Crippen LogP) is 8.20. The molecule has 0 saturated carbocycles. The maximum Gasteiger partial charge on any atom is 0.155 e. The van der Waals surface area contributed by atoms with E-state index in [2.05, 4.69) is 51.8 Å². The van der Waals surface area contributed by atoms with Crippen LogP contribution in [0.15, 0.2) is 201 Å². The van der Waals surface area contributed by atoms with Gasteiger partial charge in [0.1, 0.15) is 82.8 Å². The van der Waals surface area contributed by atoms with Gasteiger partial charge in [-0.25, -0.2) is 19.0 Å². The smallest absolute Gasteiger partial charge is 0.155 e. The summed E-state index contributed by atoms with van der Waals surface area (Å²) in [6, 6.07) is 62.5. The molecule has 0 amide bonds. The molecule has 0 spiro atoms. The maximum atomic E-state index is 11.2. The van der Waals surface area contributed by atoms with Crippen LogP contribution in [0.25, 0.3) is 11.0 Å². The minimum atomic E-state index is -1.63. The zero-order chi connectivity index (χ0) is 59.8. The zero-order valence-corrected chi connectivity index (χ0v) is 47.9. The van der Waals surface area contributed by atoms with Gasteiger partial charge in [-0.15, -0.1) is 0 Å². The van der Waals surface area contributed by atoms with Gasteiger partial charge in [-0.2, -0.15) is 10.2 Å². The fourth-order valence-corrected chi connectivity index (χ4v) is 11.8. The van der Waals surface area contributed by atoms with Gasteiger partial charge in [-0.3, -0.25) is 0 Å². The number of ether oxygens (including phenoxy) is 6. The molecular formula is C67H70N8O11. The standard InChI is InChI=1S/C54H52N4O6.C13H18N4O5/c1-53(63-36-41-22-12-5-13-23-41)50(64-48(37-61-34-39-18-8-3-9-19-39)51(53)62-35-40-20-10-4-11-21-40)47-32-42(33-59)49-52(55-38-56-58(47)49)57-54(43-24-14-6-15-25-43,44-26-16-7-17-27-44)45-28-30-46(60-2)31-29-45;1-13(21)10(20)8(4-19)22-11(13)7-2-6(3-18)9-12(14)15-5-16-17(7)9/h3-32,38,48,50-51,59H,33-37H2,1-2H3,(H,55,56,57);2,5,8,10-11,18-21H,3-4H2,1H3,(H2,14,15,16)/t48-,50+,51-,53+;8-,10-,11+,13-/m11/s1. The number of nitrogen functional groups attached to an aromatic ring is 1. The van der Waals surface area contributed by atoms with Crippen LogP contribution >= 0.6 is 0 Å². The zero-order valence-electron chi connectivity index (χ0n) is 47.9. The van der Waals surface area contributed by atoms with Crippen LogP contribution in [0.2, 0.25) is 0 Å². The van der Waals surface area contributed by atoms with Gasteiger partial charge in [0, 0.05) is 11.1 Å². The minimum Gasteiger partial charge on any atom is -0.497 e. The maximum absolute atomic E-state index is 11.2. The van der Waals surface area contributed by atoms with Crippen molar-refractivity contribution < 1.29 is 54.0 Å². The first-order valence-corrected chi connectivity index (χ1v) is 28.4. The summed E-state index contributed by atoms with van der Waals surface area (Å²) in [5, 5.41) is 63.5. The third kappa shape index (κ3) is 11.7. The van der Waals surface area contributed by atoms with E-state index < -0.39 is 60.0 Å². The number of nitrogens with zero attached hydrogens (tertiary/aromatic N) is 6. The highest BCUT2D eigenvalue weighted by Crippen LogP contribution is 2.49. The van der Waals surface area contributed by atoms with Crippen molar-refractivity contribution in [2.75, 3.05) is 31.4 Å². The van der Waals surface area contributed by atoms with E-state index in [1.165, 1.54) is 24.1 Å². The molecule has 0 unspecified atom stereocenters. The van der Waals surface area contributed by atoms with E-state index in [1.54, 1.807) is 13.2 Å². The van der Waals surface area contributed by atoms with Crippen LogP contribution in [0.4, 0.5) is 11.6 Å². The number of aliphatic hydroxyl groups excluding tert-OH is 4. The van der Waals surface area contributed by atoms with Crippen molar-refractivity contribution in [1.29, 1.82) is 0 Å². The van der Waals surface area contributed by atoms with Crippen LogP contribution in [0.1, 0.15) is 82.0 Å². The van der Waals surface area contributed by atoms with Crippen molar-refractivity contribution in [3.05, 3.63) is 257 Å². The molecule has 0 bridgehead atoms. The molecule has 2 aliphatic rings. The molecule has 19 heteroatoms. The van der Waals surface area contributed by atoms with Gasteiger partial charge in [0.2, 0.25) is 0 Å². The normalized spacial score (nSPS) is 22.0. The van der Waals surface area contributed by atoms with Gasteiger partial charge in [0.05, 0.1) is 64.7 Å². The molecule has 2 aliphatic heterocycles. The van der Waals surface area contributed by atoms with Crippen LogP contribution in [-0.4, -0.2) is 111 Å². The van der Waals surface area contributed by atoms with Gasteiger partial charge in [-0.05, 0) is 71.5 Å². The Bertz CT molecular complexity index is 3770. The highest BCUT2D eigenvalue weighted by Gasteiger charge is 2.58. The molecule has 4 aromatic heterocycles. The summed E-state index contributed by atoms with van der Waals surface area (Å²) in [6.07, 6.45) is -2.19. The van der Waals surface area contributed by atoms with Crippen molar-refractivity contribution >= 4 is 22.7 Å². The van der Waals surface area contributed by atoms with E-state index in [0.29, 0.717) is 59.2 Å². The number of methoxy groups -OCH3 is 1. The molecule has 8 N–H and O–H groups in total. The van der Waals surface area contributed by atoms with Crippen molar-refractivity contribution in [1.82, 2.24) is 29.2 Å². The first-order chi connectivity index (χ1) is 41.9. The highest BCUT2D eigenvalue weighted by molar-refractivity contribution is 5.76. The number of aliphatic hydroxyl groups is 5. The lowest BCUT2D eigenvalue weighted by Gasteiger charge is -2.37. The van der Waals surface area contributed by atoms with Gasteiger partial charge in [0.25, 0.3) is 0 Å². The molecule has 12 rings (SSSR count). The molecule has 86 heavy (non-hydrogen) atoms. The third-order valence-corrected chi connectivity index (χ3v) is 16.2. The Hall–Kier alpha value is -8.44. The second kappa shape index (κ2) is 26.0. The molecular weight excluding hydrogens is 1090 g/mol. The van der Waals surface area contributed by atoms with Crippen LogP contribution < -0.4 is 15.8 Å². The summed E-state index contributed by atoms with van der Waals surface area (Å²) in [4.78, 5) is 8.81. The fourth-order valence-electron chi connectivity index (χ4n) is 11.8. The lowest BCUT2D eigenvalue weighted by atomic mass is 9.77. The summed E-state index contributed by atoms with van der Waals surface area (Å²) in [6.45, 7) is 3.74. The number of rotatable bonds is 21. The van der Waals surface area contributed by atoms with Crippen LogP contribution in [0.3, 0.4) is 0 Å². The Morgan fingerprint density at radius 2 is 1.09 bits per heavy atom. The number of hydrogen-bond acceptors (Lipinski definition) is 17. The van der Waals surface area contributed by atoms with E-state index >= 15 is 0 Å². The van der Waals surface area contributed by atoms with E-state index in [4.69, 9.17) is 44.2 Å². The summed E-state index contributed by atoms with van der Waals surface area (Å²) in [7, 11) is 1.66. The number of benzene rings is 6. The first kappa shape index (κ1) is 59.3. The third-order valence-electron chi connectivity index (χ3n) is 16.2.